The van der Waals surface area contributed by atoms with Crippen molar-refractivity contribution in [2.24, 2.45) is 0 Å². The molecule has 0 spiro atoms. The number of aromatic nitrogens is 4. The average Bonchev–Trinajstić information content (AvgIpc) is 2.95. The predicted molar refractivity (Wildman–Crippen MR) is 150 cm³/mol. The first kappa shape index (κ1) is 27.6. The molecule has 0 saturated heterocycles. The smallest absolute Gasteiger partial charge is 0.355 e. The Bertz CT molecular complexity index is 1480. The van der Waals surface area contributed by atoms with Gasteiger partial charge in [-0.3, -0.25) is 4.57 Å². The number of pyridine rings is 1. The van der Waals surface area contributed by atoms with Gasteiger partial charge in [-0.05, 0) is 59.9 Å². The lowest BCUT2D eigenvalue weighted by Gasteiger charge is -2.16. The van der Waals surface area contributed by atoms with Gasteiger partial charge in [0.15, 0.2) is 0 Å². The van der Waals surface area contributed by atoms with E-state index >= 15 is 0 Å². The fourth-order valence-corrected chi connectivity index (χ4v) is 4.12. The van der Waals surface area contributed by atoms with Crippen molar-refractivity contribution in [1.29, 1.82) is 0 Å². The highest BCUT2D eigenvalue weighted by Gasteiger charge is 2.15. The van der Waals surface area contributed by atoms with Crippen molar-refractivity contribution in [3.05, 3.63) is 110 Å². The van der Waals surface area contributed by atoms with E-state index in [0.717, 1.165) is 40.9 Å². The highest BCUT2D eigenvalue weighted by Crippen LogP contribution is 2.15. The molecule has 0 amide bonds. The van der Waals surface area contributed by atoms with Crippen LogP contribution in [0.5, 0.6) is 5.75 Å². The third kappa shape index (κ3) is 7.31. The van der Waals surface area contributed by atoms with E-state index in [1.165, 1.54) is 16.7 Å². The Labute approximate surface area is 226 Å². The van der Waals surface area contributed by atoms with Crippen molar-refractivity contribution in [2.75, 3.05) is 30.8 Å². The Kier molecular flexibility index (Phi) is 9.44. The van der Waals surface area contributed by atoms with Crippen LogP contribution in [0.2, 0.25) is 0 Å². The fraction of sp³-hybridized carbons (Fsp3) is 0.310. The van der Waals surface area contributed by atoms with Crippen LogP contribution in [-0.2, 0) is 19.5 Å². The number of rotatable bonds is 13. The fourth-order valence-electron chi connectivity index (χ4n) is 4.12. The molecule has 0 aliphatic heterocycles. The number of ether oxygens (including phenoxy) is 1. The zero-order valence-electron chi connectivity index (χ0n) is 22.2. The lowest BCUT2D eigenvalue weighted by molar-refractivity contribution is 0.414. The van der Waals surface area contributed by atoms with Gasteiger partial charge in [-0.1, -0.05) is 43.7 Å². The van der Waals surface area contributed by atoms with Crippen LogP contribution in [-0.4, -0.2) is 39.3 Å². The molecule has 0 fully saturated rings. The second-order valence-corrected chi connectivity index (χ2v) is 9.12. The van der Waals surface area contributed by atoms with E-state index in [2.05, 4.69) is 27.5 Å². The van der Waals surface area contributed by atoms with E-state index in [1.807, 2.05) is 36.4 Å². The number of methoxy groups -OCH3 is 1. The third-order valence-corrected chi connectivity index (χ3v) is 6.30. The number of anilines is 2. The summed E-state index contributed by atoms with van der Waals surface area (Å²) in [6.45, 7) is 3.58. The largest absolute Gasteiger partial charge is 0.497 e. The minimum atomic E-state index is -0.680. The predicted octanol–water partition coefficient (Wildman–Crippen LogP) is 3.91. The van der Waals surface area contributed by atoms with Gasteiger partial charge in [-0.2, -0.15) is 4.98 Å². The van der Waals surface area contributed by atoms with Gasteiger partial charge in [-0.15, -0.1) is 0 Å². The maximum absolute atomic E-state index is 13.6. The molecule has 0 aliphatic rings. The molecule has 0 unspecified atom stereocenters. The lowest BCUT2D eigenvalue weighted by Crippen LogP contribution is -2.43. The number of benzene rings is 2. The molecule has 2 aromatic carbocycles. The van der Waals surface area contributed by atoms with E-state index < -0.39 is 17.2 Å². The third-order valence-electron chi connectivity index (χ3n) is 6.30. The first-order valence-corrected chi connectivity index (χ1v) is 13.0. The van der Waals surface area contributed by atoms with E-state index in [1.54, 1.807) is 25.4 Å². The van der Waals surface area contributed by atoms with Crippen LogP contribution in [0.1, 0.15) is 36.5 Å². The SMILES string of the molecule is CCCCNc1ncccc1CCNc1nc(=O)n(Cc2ccc(F)cc2)c(=O)n1Cc1ccc(OC)cc1. The minimum Gasteiger partial charge on any atom is -0.497 e. The molecule has 0 radical (unpaired) electrons. The standard InChI is InChI=1S/C29H33FN6O3/c1-3-4-16-31-26-23(6-5-17-32-26)15-18-33-27-34-28(37)36(20-21-7-11-24(30)12-8-21)29(38)35(27)19-22-9-13-25(39-2)14-10-22/h5-14,17H,3-4,15-16,18-20H2,1-2H3,(H,31,32)(H,33,34,37). The summed E-state index contributed by atoms with van der Waals surface area (Å²) in [7, 11) is 1.59. The second-order valence-electron chi connectivity index (χ2n) is 9.12. The van der Waals surface area contributed by atoms with Crippen LogP contribution in [0.4, 0.5) is 16.2 Å². The topological polar surface area (TPSA) is 103 Å². The number of hydrogen-bond acceptors (Lipinski definition) is 7. The molecule has 39 heavy (non-hydrogen) atoms. The Morgan fingerprint density at radius 3 is 2.28 bits per heavy atom. The van der Waals surface area contributed by atoms with E-state index in [0.29, 0.717) is 24.3 Å². The summed E-state index contributed by atoms with van der Waals surface area (Å²) in [5.41, 5.74) is 1.29. The molecule has 2 heterocycles. The molecular weight excluding hydrogens is 499 g/mol. The lowest BCUT2D eigenvalue weighted by atomic mass is 10.2. The average molecular weight is 533 g/mol. The summed E-state index contributed by atoms with van der Waals surface area (Å²) < 4.78 is 21.1. The zero-order valence-corrected chi connectivity index (χ0v) is 22.2. The molecule has 0 bridgehead atoms. The molecule has 2 aromatic heterocycles. The first-order valence-electron chi connectivity index (χ1n) is 13.0. The highest BCUT2D eigenvalue weighted by molar-refractivity contribution is 5.44. The van der Waals surface area contributed by atoms with Crippen LogP contribution in [0.3, 0.4) is 0 Å². The van der Waals surface area contributed by atoms with Gasteiger partial charge in [0.25, 0.3) is 0 Å². The van der Waals surface area contributed by atoms with E-state index in [-0.39, 0.29) is 19.0 Å². The molecule has 2 N–H and O–H groups in total. The maximum atomic E-state index is 13.6. The monoisotopic (exact) mass is 532 g/mol. The Morgan fingerprint density at radius 2 is 1.59 bits per heavy atom. The summed E-state index contributed by atoms with van der Waals surface area (Å²) >= 11 is 0. The van der Waals surface area contributed by atoms with Gasteiger partial charge in [0.1, 0.15) is 17.4 Å². The van der Waals surface area contributed by atoms with Gasteiger partial charge in [0.2, 0.25) is 5.95 Å². The molecule has 9 nitrogen and oxygen atoms in total. The van der Waals surface area contributed by atoms with E-state index in [4.69, 9.17) is 4.74 Å². The van der Waals surface area contributed by atoms with Crippen molar-refractivity contribution in [3.63, 3.8) is 0 Å². The number of unbranched alkanes of at least 4 members (excludes halogenated alkanes) is 1. The molecule has 0 aliphatic carbocycles. The van der Waals surface area contributed by atoms with E-state index in [9.17, 15) is 14.0 Å². The van der Waals surface area contributed by atoms with Gasteiger partial charge < -0.3 is 15.4 Å². The highest BCUT2D eigenvalue weighted by atomic mass is 19.1. The van der Waals surface area contributed by atoms with Gasteiger partial charge in [-0.25, -0.2) is 23.5 Å². The number of halogens is 1. The summed E-state index contributed by atoms with van der Waals surface area (Å²) in [6.07, 6.45) is 4.49. The van der Waals surface area contributed by atoms with Crippen LogP contribution in [0.25, 0.3) is 0 Å². The molecule has 4 aromatic rings. The quantitative estimate of drug-likeness (QED) is 0.252. The van der Waals surface area contributed by atoms with Crippen molar-refractivity contribution >= 4 is 11.8 Å². The van der Waals surface area contributed by atoms with Gasteiger partial charge in [0, 0.05) is 19.3 Å². The van der Waals surface area contributed by atoms with Crippen LogP contribution in [0, 0.1) is 5.82 Å². The minimum absolute atomic E-state index is 0.0175. The normalized spacial score (nSPS) is 10.8. The van der Waals surface area contributed by atoms with Gasteiger partial charge >= 0.3 is 11.4 Å². The van der Waals surface area contributed by atoms with Crippen molar-refractivity contribution in [2.45, 2.75) is 39.3 Å². The van der Waals surface area contributed by atoms with Crippen LogP contribution < -0.4 is 26.7 Å². The molecule has 0 atom stereocenters. The Hall–Kier alpha value is -4.47. The van der Waals surface area contributed by atoms with Crippen LogP contribution >= 0.6 is 0 Å². The summed E-state index contributed by atoms with van der Waals surface area (Å²) in [5, 5.41) is 6.56. The molecule has 10 heteroatoms. The maximum Gasteiger partial charge on any atom is 0.355 e. The number of nitrogens with zero attached hydrogens (tertiary/aromatic N) is 4. The molecule has 4 rings (SSSR count). The van der Waals surface area contributed by atoms with Crippen molar-refractivity contribution < 1.29 is 9.13 Å². The Balaban J connectivity index is 1.60. The summed E-state index contributed by atoms with van der Waals surface area (Å²) in [5.74, 6) is 1.31. The molecule has 204 valence electrons. The van der Waals surface area contributed by atoms with Crippen molar-refractivity contribution in [1.82, 2.24) is 19.1 Å². The molecular formula is C29H33FN6O3. The summed E-state index contributed by atoms with van der Waals surface area (Å²) in [6, 6.07) is 16.9. The Morgan fingerprint density at radius 1 is 0.897 bits per heavy atom. The van der Waals surface area contributed by atoms with Crippen LogP contribution in [0.15, 0.2) is 76.4 Å². The second kappa shape index (κ2) is 13.4. The molecule has 0 saturated carbocycles. The first-order chi connectivity index (χ1) is 19.0. The zero-order chi connectivity index (χ0) is 27.6. The number of nitrogens with one attached hydrogen (secondary N) is 2. The van der Waals surface area contributed by atoms with Crippen molar-refractivity contribution in [3.8, 4) is 5.75 Å². The summed E-state index contributed by atoms with van der Waals surface area (Å²) in [4.78, 5) is 35.2. The number of hydrogen-bond donors (Lipinski definition) is 2. The van der Waals surface area contributed by atoms with Gasteiger partial charge in [0.05, 0.1) is 20.2 Å².